The van der Waals surface area contributed by atoms with Crippen LogP contribution in [-0.2, 0) is 6.54 Å². The van der Waals surface area contributed by atoms with Gasteiger partial charge in [-0.05, 0) is 42.7 Å². The molecule has 1 atom stereocenters. The molecular formula is C13H22N2S. The van der Waals surface area contributed by atoms with Crippen molar-refractivity contribution in [2.45, 2.75) is 45.3 Å². The van der Waals surface area contributed by atoms with Crippen LogP contribution in [0.2, 0.25) is 0 Å². The van der Waals surface area contributed by atoms with Crippen LogP contribution in [-0.4, -0.2) is 29.6 Å². The highest BCUT2D eigenvalue weighted by Gasteiger charge is 2.32. The van der Waals surface area contributed by atoms with Crippen molar-refractivity contribution in [3.63, 3.8) is 0 Å². The highest BCUT2D eigenvalue weighted by molar-refractivity contribution is 7.07. The number of hydrogen-bond donors (Lipinski definition) is 1. The number of hydrogen-bond acceptors (Lipinski definition) is 3. The van der Waals surface area contributed by atoms with E-state index in [2.05, 4.69) is 47.8 Å². The lowest BCUT2D eigenvalue weighted by atomic mass is 9.96. The van der Waals surface area contributed by atoms with Crippen LogP contribution in [0.3, 0.4) is 0 Å². The van der Waals surface area contributed by atoms with Crippen molar-refractivity contribution in [2.75, 3.05) is 13.1 Å². The smallest absolute Gasteiger partial charge is 0.0281 e. The molecule has 2 nitrogen and oxygen atoms in total. The molecule has 0 radical (unpaired) electrons. The summed E-state index contributed by atoms with van der Waals surface area (Å²) in [7, 11) is 0. The van der Waals surface area contributed by atoms with Gasteiger partial charge in [0, 0.05) is 31.2 Å². The second-order valence-corrected chi connectivity index (χ2v) is 6.09. The summed E-state index contributed by atoms with van der Waals surface area (Å²) < 4.78 is 0. The molecule has 1 saturated heterocycles. The van der Waals surface area contributed by atoms with Crippen molar-refractivity contribution < 1.29 is 0 Å². The second-order valence-electron chi connectivity index (χ2n) is 5.31. The molecule has 0 aliphatic carbocycles. The molecule has 3 heteroatoms. The minimum atomic E-state index is 0.271. The first kappa shape index (κ1) is 12.1. The van der Waals surface area contributed by atoms with Gasteiger partial charge in [-0.1, -0.05) is 6.92 Å². The molecule has 0 aromatic carbocycles. The normalized spacial score (nSPS) is 25.8. The van der Waals surface area contributed by atoms with E-state index >= 15 is 0 Å². The molecule has 1 aromatic heterocycles. The van der Waals surface area contributed by atoms with Gasteiger partial charge in [0.25, 0.3) is 0 Å². The number of piperazine rings is 1. The molecule has 1 fully saturated rings. The monoisotopic (exact) mass is 238 g/mol. The van der Waals surface area contributed by atoms with E-state index in [1.54, 1.807) is 11.3 Å². The van der Waals surface area contributed by atoms with Crippen molar-refractivity contribution in [1.82, 2.24) is 10.2 Å². The van der Waals surface area contributed by atoms with Gasteiger partial charge in [0.1, 0.15) is 0 Å². The first-order valence-electron chi connectivity index (χ1n) is 6.11. The Kier molecular flexibility index (Phi) is 3.67. The molecule has 1 aliphatic heterocycles. The van der Waals surface area contributed by atoms with Crippen LogP contribution < -0.4 is 5.32 Å². The Bertz CT molecular complexity index is 319. The summed E-state index contributed by atoms with van der Waals surface area (Å²) in [6, 6.07) is 2.90. The van der Waals surface area contributed by atoms with Crippen molar-refractivity contribution in [1.29, 1.82) is 0 Å². The van der Waals surface area contributed by atoms with Crippen LogP contribution in [0.15, 0.2) is 16.8 Å². The molecule has 90 valence electrons. The van der Waals surface area contributed by atoms with Crippen LogP contribution >= 0.6 is 11.3 Å². The SMILES string of the molecule is CCC1CN(Cc2ccsc2)C(C)(C)CN1. The third kappa shape index (κ3) is 2.65. The van der Waals surface area contributed by atoms with Gasteiger partial charge in [-0.15, -0.1) is 0 Å². The zero-order chi connectivity index (χ0) is 11.6. The average Bonchev–Trinajstić information content (AvgIpc) is 2.74. The van der Waals surface area contributed by atoms with Crippen molar-refractivity contribution in [3.05, 3.63) is 22.4 Å². The number of nitrogens with zero attached hydrogens (tertiary/aromatic N) is 1. The Balaban J connectivity index is 2.04. The maximum atomic E-state index is 3.63. The molecule has 1 aromatic rings. The van der Waals surface area contributed by atoms with E-state index in [0.717, 1.165) is 13.1 Å². The van der Waals surface area contributed by atoms with E-state index in [4.69, 9.17) is 0 Å². The lowest BCUT2D eigenvalue weighted by Crippen LogP contribution is -2.61. The number of thiophene rings is 1. The molecule has 0 bridgehead atoms. The fourth-order valence-corrected chi connectivity index (χ4v) is 2.90. The quantitative estimate of drug-likeness (QED) is 0.871. The Morgan fingerprint density at radius 1 is 1.56 bits per heavy atom. The van der Waals surface area contributed by atoms with Crippen LogP contribution in [0.5, 0.6) is 0 Å². The van der Waals surface area contributed by atoms with Gasteiger partial charge in [0.15, 0.2) is 0 Å². The summed E-state index contributed by atoms with van der Waals surface area (Å²) in [6.45, 7) is 10.3. The van der Waals surface area contributed by atoms with E-state index < -0.39 is 0 Å². The van der Waals surface area contributed by atoms with E-state index in [1.165, 1.54) is 18.5 Å². The number of nitrogens with one attached hydrogen (secondary N) is 1. The van der Waals surface area contributed by atoms with Gasteiger partial charge in [-0.3, -0.25) is 4.90 Å². The fraction of sp³-hybridized carbons (Fsp3) is 0.692. The van der Waals surface area contributed by atoms with Crippen molar-refractivity contribution >= 4 is 11.3 Å². The van der Waals surface area contributed by atoms with Gasteiger partial charge in [0.05, 0.1) is 0 Å². The third-order valence-electron chi connectivity index (χ3n) is 3.57. The Hall–Kier alpha value is -0.380. The summed E-state index contributed by atoms with van der Waals surface area (Å²) in [5.74, 6) is 0. The summed E-state index contributed by atoms with van der Waals surface area (Å²) in [5.41, 5.74) is 1.72. The molecule has 16 heavy (non-hydrogen) atoms. The molecule has 0 spiro atoms. The molecule has 1 unspecified atom stereocenters. The topological polar surface area (TPSA) is 15.3 Å². The molecule has 2 heterocycles. The standard InChI is InChI=1S/C13H22N2S/c1-4-12-8-15(13(2,3)10-14-12)7-11-5-6-16-9-11/h5-6,9,12,14H,4,7-8,10H2,1-3H3. The minimum Gasteiger partial charge on any atom is -0.311 e. The second kappa shape index (κ2) is 4.86. The highest BCUT2D eigenvalue weighted by atomic mass is 32.1. The van der Waals surface area contributed by atoms with Crippen LogP contribution in [0.4, 0.5) is 0 Å². The minimum absolute atomic E-state index is 0.271. The molecule has 0 amide bonds. The molecular weight excluding hydrogens is 216 g/mol. The molecule has 0 saturated carbocycles. The number of rotatable bonds is 3. The molecule has 2 rings (SSSR count). The Labute approximate surface area is 103 Å². The summed E-state index contributed by atoms with van der Waals surface area (Å²) in [5, 5.41) is 8.06. The van der Waals surface area contributed by atoms with E-state index in [9.17, 15) is 0 Å². The van der Waals surface area contributed by atoms with Gasteiger partial charge in [0.2, 0.25) is 0 Å². The van der Waals surface area contributed by atoms with Gasteiger partial charge in [-0.2, -0.15) is 11.3 Å². The van der Waals surface area contributed by atoms with Crippen LogP contribution in [0.25, 0.3) is 0 Å². The van der Waals surface area contributed by atoms with Crippen LogP contribution in [0, 0.1) is 0 Å². The zero-order valence-electron chi connectivity index (χ0n) is 10.5. The first-order valence-corrected chi connectivity index (χ1v) is 7.05. The van der Waals surface area contributed by atoms with Gasteiger partial charge in [-0.25, -0.2) is 0 Å². The summed E-state index contributed by atoms with van der Waals surface area (Å²) in [4.78, 5) is 2.61. The predicted molar refractivity (Wildman–Crippen MR) is 70.9 cm³/mol. The highest BCUT2D eigenvalue weighted by Crippen LogP contribution is 2.22. The third-order valence-corrected chi connectivity index (χ3v) is 4.30. The zero-order valence-corrected chi connectivity index (χ0v) is 11.3. The lowest BCUT2D eigenvalue weighted by Gasteiger charge is -2.46. The van der Waals surface area contributed by atoms with Gasteiger partial charge < -0.3 is 5.32 Å². The first-order chi connectivity index (χ1) is 7.62. The maximum Gasteiger partial charge on any atom is 0.0281 e. The molecule has 1 N–H and O–H groups in total. The average molecular weight is 238 g/mol. The Morgan fingerprint density at radius 2 is 2.38 bits per heavy atom. The van der Waals surface area contributed by atoms with E-state index in [1.807, 2.05) is 0 Å². The predicted octanol–water partition coefficient (Wildman–Crippen LogP) is 2.71. The maximum absolute atomic E-state index is 3.63. The fourth-order valence-electron chi connectivity index (χ4n) is 2.24. The largest absolute Gasteiger partial charge is 0.311 e. The van der Waals surface area contributed by atoms with E-state index in [0.29, 0.717) is 6.04 Å². The van der Waals surface area contributed by atoms with E-state index in [-0.39, 0.29) is 5.54 Å². The van der Waals surface area contributed by atoms with Gasteiger partial charge >= 0.3 is 0 Å². The molecule has 1 aliphatic rings. The Morgan fingerprint density at radius 3 is 3.00 bits per heavy atom. The summed E-state index contributed by atoms with van der Waals surface area (Å²) in [6.07, 6.45) is 1.22. The van der Waals surface area contributed by atoms with Crippen LogP contribution in [0.1, 0.15) is 32.8 Å². The van der Waals surface area contributed by atoms with Crippen molar-refractivity contribution in [3.8, 4) is 0 Å². The lowest BCUT2D eigenvalue weighted by molar-refractivity contribution is 0.0578. The van der Waals surface area contributed by atoms with Crippen molar-refractivity contribution in [2.24, 2.45) is 0 Å². The summed E-state index contributed by atoms with van der Waals surface area (Å²) >= 11 is 1.79.